The van der Waals surface area contributed by atoms with E-state index in [1.165, 1.54) is 11.3 Å². The van der Waals surface area contributed by atoms with Crippen molar-refractivity contribution in [2.75, 3.05) is 0 Å². The van der Waals surface area contributed by atoms with Gasteiger partial charge in [0.05, 0.1) is 6.20 Å². The lowest BCUT2D eigenvalue weighted by Crippen LogP contribution is -1.78. The van der Waals surface area contributed by atoms with Crippen molar-refractivity contribution in [3.8, 4) is 0 Å². The van der Waals surface area contributed by atoms with E-state index in [0.29, 0.717) is 12.0 Å². The van der Waals surface area contributed by atoms with Gasteiger partial charge in [-0.1, -0.05) is 11.3 Å². The fourth-order valence-corrected chi connectivity index (χ4v) is 1.97. The van der Waals surface area contributed by atoms with Gasteiger partial charge >= 0.3 is 0 Å². The summed E-state index contributed by atoms with van der Waals surface area (Å²) in [6, 6.07) is 0. The third-order valence-electron chi connectivity index (χ3n) is 1.16. The smallest absolute Gasteiger partial charge is 0.213 e. The van der Waals surface area contributed by atoms with E-state index in [1.54, 1.807) is 10.7 Å². The molecule has 0 radical (unpaired) electrons. The Morgan fingerprint density at radius 3 is 3.18 bits per heavy atom. The summed E-state index contributed by atoms with van der Waals surface area (Å²) >= 11 is 4.60. The van der Waals surface area contributed by atoms with Crippen molar-refractivity contribution < 1.29 is 4.79 Å². The lowest BCUT2D eigenvalue weighted by molar-refractivity contribution is 0.111. The molecule has 0 atom stereocenters. The number of imidazole rings is 1. The Hall–Kier alpha value is -0.750. The maximum Gasteiger partial charge on any atom is 0.213 e. The average Bonchev–Trinajstić information content (AvgIpc) is 2.43. The van der Waals surface area contributed by atoms with Crippen LogP contribution in [0.2, 0.25) is 0 Å². The predicted octanol–water partition coefficient (Wildman–Crippen LogP) is 1.37. The highest BCUT2D eigenvalue weighted by Crippen LogP contribution is 2.18. The summed E-state index contributed by atoms with van der Waals surface area (Å²) in [4.78, 5) is 14.9. The van der Waals surface area contributed by atoms with Gasteiger partial charge in [0.15, 0.2) is 10.2 Å². The van der Waals surface area contributed by atoms with Crippen molar-refractivity contribution in [3.05, 3.63) is 15.8 Å². The summed E-state index contributed by atoms with van der Waals surface area (Å²) in [6.07, 6.45) is 2.29. The number of carbonyl (C=O) groups excluding carboxylic acids is 1. The highest BCUT2D eigenvalue weighted by molar-refractivity contribution is 9.11. The number of carbonyl (C=O) groups is 1. The van der Waals surface area contributed by atoms with Gasteiger partial charge in [-0.25, -0.2) is 9.50 Å². The Labute approximate surface area is 74.0 Å². The molecule has 0 fully saturated rings. The Balaban J connectivity index is 2.72. The maximum atomic E-state index is 10.2. The summed E-state index contributed by atoms with van der Waals surface area (Å²) in [5, 5.41) is 4.01. The van der Waals surface area contributed by atoms with Crippen LogP contribution in [-0.4, -0.2) is 20.9 Å². The second kappa shape index (κ2) is 2.38. The first-order valence-electron chi connectivity index (χ1n) is 2.76. The molecule has 0 saturated heterocycles. The van der Waals surface area contributed by atoms with Crippen LogP contribution >= 0.6 is 27.3 Å². The molecule has 6 heteroatoms. The summed E-state index contributed by atoms with van der Waals surface area (Å²) in [5.41, 5.74) is 0.413. The first-order chi connectivity index (χ1) is 5.29. The molecule has 0 unspecified atom stereocenters. The number of rotatable bonds is 1. The van der Waals surface area contributed by atoms with Gasteiger partial charge in [-0.3, -0.25) is 4.79 Å². The molecule has 0 aliphatic carbocycles. The SMILES string of the molecule is O=Cc1cn2nc(Br)sc2n1. The zero-order chi connectivity index (χ0) is 7.84. The first-order valence-corrected chi connectivity index (χ1v) is 4.37. The van der Waals surface area contributed by atoms with Crippen molar-refractivity contribution in [1.82, 2.24) is 14.6 Å². The van der Waals surface area contributed by atoms with E-state index in [0.717, 1.165) is 8.88 Å². The van der Waals surface area contributed by atoms with Crippen molar-refractivity contribution >= 4 is 38.5 Å². The molecule has 56 valence electrons. The van der Waals surface area contributed by atoms with E-state index in [1.807, 2.05) is 0 Å². The van der Waals surface area contributed by atoms with E-state index in [2.05, 4.69) is 26.0 Å². The molecule has 0 amide bonds. The lowest BCUT2D eigenvalue weighted by Gasteiger charge is -1.73. The molecule has 2 aromatic rings. The Kier molecular flexibility index (Phi) is 1.50. The van der Waals surface area contributed by atoms with Crippen LogP contribution in [0, 0.1) is 0 Å². The molecule has 0 aliphatic rings. The van der Waals surface area contributed by atoms with E-state index in [-0.39, 0.29) is 0 Å². The fraction of sp³-hybridized carbons (Fsp3) is 0. The van der Waals surface area contributed by atoms with Crippen LogP contribution in [0.1, 0.15) is 10.5 Å². The van der Waals surface area contributed by atoms with Crippen LogP contribution in [-0.2, 0) is 0 Å². The largest absolute Gasteiger partial charge is 0.296 e. The summed E-state index contributed by atoms with van der Waals surface area (Å²) in [5.74, 6) is 0. The van der Waals surface area contributed by atoms with E-state index in [4.69, 9.17) is 0 Å². The molecule has 4 nitrogen and oxygen atoms in total. The van der Waals surface area contributed by atoms with Gasteiger partial charge in [-0.2, -0.15) is 0 Å². The molecule has 0 N–H and O–H groups in total. The van der Waals surface area contributed by atoms with Gasteiger partial charge in [0.2, 0.25) is 4.96 Å². The molecule has 0 aliphatic heterocycles. The summed E-state index contributed by atoms with van der Waals surface area (Å²) in [6.45, 7) is 0. The van der Waals surface area contributed by atoms with Gasteiger partial charge in [0, 0.05) is 0 Å². The normalized spacial score (nSPS) is 10.6. The minimum absolute atomic E-state index is 0.413. The molecule has 0 bridgehead atoms. The Morgan fingerprint density at radius 2 is 2.55 bits per heavy atom. The third kappa shape index (κ3) is 1.08. The first kappa shape index (κ1) is 6.93. The van der Waals surface area contributed by atoms with E-state index < -0.39 is 0 Å². The van der Waals surface area contributed by atoms with Crippen LogP contribution < -0.4 is 0 Å². The quantitative estimate of drug-likeness (QED) is 0.697. The van der Waals surface area contributed by atoms with Crippen LogP contribution in [0.15, 0.2) is 10.1 Å². The molecule has 0 spiro atoms. The standard InChI is InChI=1S/C5H2BrN3OS/c6-4-8-9-1-3(2-10)7-5(9)11-4/h1-2H. The Morgan fingerprint density at radius 1 is 1.73 bits per heavy atom. The van der Waals surface area contributed by atoms with Crippen molar-refractivity contribution in [2.24, 2.45) is 0 Å². The molecule has 11 heavy (non-hydrogen) atoms. The van der Waals surface area contributed by atoms with Crippen LogP contribution in [0.5, 0.6) is 0 Å². The highest BCUT2D eigenvalue weighted by atomic mass is 79.9. The van der Waals surface area contributed by atoms with Crippen LogP contribution in [0.3, 0.4) is 0 Å². The molecule has 2 rings (SSSR count). The van der Waals surface area contributed by atoms with Crippen molar-refractivity contribution in [2.45, 2.75) is 0 Å². The zero-order valence-electron chi connectivity index (χ0n) is 5.19. The second-order valence-electron chi connectivity index (χ2n) is 1.87. The number of aromatic nitrogens is 3. The zero-order valence-corrected chi connectivity index (χ0v) is 7.59. The summed E-state index contributed by atoms with van der Waals surface area (Å²) in [7, 11) is 0. The number of hydrogen-bond donors (Lipinski definition) is 0. The number of nitrogens with zero attached hydrogens (tertiary/aromatic N) is 3. The lowest BCUT2D eigenvalue weighted by atomic mass is 10.6. The molecular weight excluding hydrogens is 230 g/mol. The number of aldehydes is 1. The molecule has 0 saturated carbocycles. The van der Waals surface area contributed by atoms with Gasteiger partial charge in [-0.15, -0.1) is 5.10 Å². The van der Waals surface area contributed by atoms with E-state index in [9.17, 15) is 4.79 Å². The van der Waals surface area contributed by atoms with Crippen LogP contribution in [0.4, 0.5) is 0 Å². The van der Waals surface area contributed by atoms with Crippen molar-refractivity contribution in [3.63, 3.8) is 0 Å². The number of fused-ring (bicyclic) bond motifs is 1. The number of hydrogen-bond acceptors (Lipinski definition) is 4. The summed E-state index contributed by atoms with van der Waals surface area (Å²) < 4.78 is 2.33. The highest BCUT2D eigenvalue weighted by Gasteiger charge is 2.04. The van der Waals surface area contributed by atoms with Gasteiger partial charge in [0.25, 0.3) is 0 Å². The molecule has 2 heterocycles. The number of halogens is 1. The molecule has 2 aromatic heterocycles. The predicted molar refractivity (Wildman–Crippen MR) is 44.0 cm³/mol. The van der Waals surface area contributed by atoms with Gasteiger partial charge in [0.1, 0.15) is 5.69 Å². The Bertz CT molecular complexity index is 375. The maximum absolute atomic E-state index is 10.2. The minimum atomic E-state index is 0.413. The fourth-order valence-electron chi connectivity index (χ4n) is 0.749. The van der Waals surface area contributed by atoms with Gasteiger partial charge in [-0.05, 0) is 15.9 Å². The average molecular weight is 232 g/mol. The molecular formula is C5H2BrN3OS. The monoisotopic (exact) mass is 231 g/mol. The molecule has 0 aromatic carbocycles. The topological polar surface area (TPSA) is 47.3 Å². The third-order valence-corrected chi connectivity index (χ3v) is 2.51. The van der Waals surface area contributed by atoms with Gasteiger partial charge < -0.3 is 0 Å². The minimum Gasteiger partial charge on any atom is -0.296 e. The van der Waals surface area contributed by atoms with Crippen LogP contribution in [0.25, 0.3) is 4.96 Å². The van der Waals surface area contributed by atoms with Crippen molar-refractivity contribution in [1.29, 1.82) is 0 Å². The van der Waals surface area contributed by atoms with E-state index >= 15 is 0 Å². The second-order valence-corrected chi connectivity index (χ2v) is 4.10.